The Morgan fingerprint density at radius 1 is 0.833 bits per heavy atom. The molecule has 1 N–H and O–H groups in total. The van der Waals surface area contributed by atoms with Gasteiger partial charge in [-0.2, -0.15) is 0 Å². The molecule has 0 aliphatic carbocycles. The standard InChI is InChI=1S/C14H11F3O/c15-11-3-1-9(2-4-11)5-14(18)10-6-12(16)8-13(17)7-10/h1-4,6-8,14,18H,5H2. The summed E-state index contributed by atoms with van der Waals surface area (Å²) in [7, 11) is 0. The Hall–Kier alpha value is -1.81. The third kappa shape index (κ3) is 3.11. The van der Waals surface area contributed by atoms with Crippen molar-refractivity contribution in [2.75, 3.05) is 0 Å². The summed E-state index contributed by atoms with van der Waals surface area (Å²) in [6.45, 7) is 0. The first-order chi connectivity index (χ1) is 8.54. The molecule has 0 heterocycles. The normalized spacial score (nSPS) is 12.4. The van der Waals surface area contributed by atoms with Gasteiger partial charge in [-0.25, -0.2) is 13.2 Å². The van der Waals surface area contributed by atoms with Gasteiger partial charge < -0.3 is 5.11 Å². The Labute approximate surface area is 103 Å². The molecule has 0 amide bonds. The highest BCUT2D eigenvalue weighted by molar-refractivity contribution is 5.24. The fourth-order valence-electron chi connectivity index (χ4n) is 1.73. The third-order valence-electron chi connectivity index (χ3n) is 2.61. The third-order valence-corrected chi connectivity index (χ3v) is 2.61. The van der Waals surface area contributed by atoms with Crippen molar-refractivity contribution in [3.05, 3.63) is 71.0 Å². The molecule has 2 aromatic rings. The Morgan fingerprint density at radius 2 is 1.39 bits per heavy atom. The van der Waals surface area contributed by atoms with Gasteiger partial charge in [0.2, 0.25) is 0 Å². The van der Waals surface area contributed by atoms with E-state index in [0.717, 1.165) is 18.2 Å². The lowest BCUT2D eigenvalue weighted by atomic mass is 10.0. The number of hydrogen-bond acceptors (Lipinski definition) is 1. The molecule has 2 aromatic carbocycles. The van der Waals surface area contributed by atoms with Gasteiger partial charge in [0, 0.05) is 12.5 Å². The molecule has 4 heteroatoms. The van der Waals surface area contributed by atoms with Gasteiger partial charge in [-0.05, 0) is 35.4 Å². The SMILES string of the molecule is OC(Cc1ccc(F)cc1)c1cc(F)cc(F)c1. The summed E-state index contributed by atoms with van der Waals surface area (Å²) in [5, 5.41) is 9.87. The molecule has 2 rings (SSSR count). The highest BCUT2D eigenvalue weighted by Gasteiger charge is 2.11. The second kappa shape index (κ2) is 5.23. The minimum absolute atomic E-state index is 0.164. The first kappa shape index (κ1) is 12.6. The van der Waals surface area contributed by atoms with Crippen LogP contribution in [0.25, 0.3) is 0 Å². The first-order valence-electron chi connectivity index (χ1n) is 5.43. The largest absolute Gasteiger partial charge is 0.388 e. The van der Waals surface area contributed by atoms with Crippen LogP contribution >= 0.6 is 0 Å². The smallest absolute Gasteiger partial charge is 0.126 e. The molecular formula is C14H11F3O. The summed E-state index contributed by atoms with van der Waals surface area (Å²) in [6, 6.07) is 8.49. The Balaban J connectivity index is 2.16. The molecule has 0 spiro atoms. The van der Waals surface area contributed by atoms with Crippen LogP contribution in [-0.2, 0) is 6.42 Å². The van der Waals surface area contributed by atoms with Crippen molar-refractivity contribution < 1.29 is 18.3 Å². The first-order valence-corrected chi connectivity index (χ1v) is 5.43. The van der Waals surface area contributed by atoms with Crippen molar-refractivity contribution in [1.82, 2.24) is 0 Å². The number of benzene rings is 2. The Morgan fingerprint density at radius 3 is 1.94 bits per heavy atom. The van der Waals surface area contributed by atoms with Crippen LogP contribution in [-0.4, -0.2) is 5.11 Å². The minimum atomic E-state index is -1.03. The molecule has 0 aromatic heterocycles. The van der Waals surface area contributed by atoms with Gasteiger partial charge in [-0.3, -0.25) is 0 Å². The summed E-state index contributed by atoms with van der Waals surface area (Å²) in [5.41, 5.74) is 0.852. The van der Waals surface area contributed by atoms with Gasteiger partial charge in [0.25, 0.3) is 0 Å². The van der Waals surface area contributed by atoms with Crippen molar-refractivity contribution in [2.24, 2.45) is 0 Å². The lowest BCUT2D eigenvalue weighted by Gasteiger charge is -2.11. The molecule has 0 saturated carbocycles. The van der Waals surface area contributed by atoms with E-state index in [0.29, 0.717) is 5.56 Å². The summed E-state index contributed by atoms with van der Waals surface area (Å²) in [4.78, 5) is 0. The van der Waals surface area contributed by atoms with Crippen molar-refractivity contribution in [2.45, 2.75) is 12.5 Å². The number of halogens is 3. The highest BCUT2D eigenvalue weighted by atomic mass is 19.1. The summed E-state index contributed by atoms with van der Waals surface area (Å²) < 4.78 is 38.6. The van der Waals surface area contributed by atoms with Crippen LogP contribution in [0.3, 0.4) is 0 Å². The zero-order chi connectivity index (χ0) is 13.1. The molecule has 0 saturated heterocycles. The van der Waals surface area contributed by atoms with Crippen molar-refractivity contribution in [3.8, 4) is 0 Å². The highest BCUT2D eigenvalue weighted by Crippen LogP contribution is 2.20. The van der Waals surface area contributed by atoms with Crippen LogP contribution in [0.1, 0.15) is 17.2 Å². The average Bonchev–Trinajstić information content (AvgIpc) is 2.31. The molecule has 0 fully saturated rings. The van der Waals surface area contributed by atoms with Gasteiger partial charge in [0.05, 0.1) is 6.10 Å². The number of hydrogen-bond donors (Lipinski definition) is 1. The van der Waals surface area contributed by atoms with Crippen LogP contribution in [0.15, 0.2) is 42.5 Å². The second-order valence-corrected chi connectivity index (χ2v) is 4.05. The monoisotopic (exact) mass is 252 g/mol. The van der Waals surface area contributed by atoms with Crippen LogP contribution in [0, 0.1) is 17.5 Å². The lowest BCUT2D eigenvalue weighted by Crippen LogP contribution is -2.03. The fourth-order valence-corrected chi connectivity index (χ4v) is 1.73. The van der Waals surface area contributed by atoms with E-state index in [2.05, 4.69) is 0 Å². The number of aliphatic hydroxyl groups excluding tert-OH is 1. The predicted molar refractivity (Wildman–Crippen MR) is 61.4 cm³/mol. The van der Waals surface area contributed by atoms with E-state index in [-0.39, 0.29) is 17.8 Å². The maximum atomic E-state index is 13.0. The summed E-state index contributed by atoms with van der Waals surface area (Å²) >= 11 is 0. The lowest BCUT2D eigenvalue weighted by molar-refractivity contribution is 0.177. The number of rotatable bonds is 3. The zero-order valence-corrected chi connectivity index (χ0v) is 9.41. The maximum Gasteiger partial charge on any atom is 0.126 e. The number of aliphatic hydroxyl groups is 1. The zero-order valence-electron chi connectivity index (χ0n) is 9.41. The van der Waals surface area contributed by atoms with Crippen LogP contribution in [0.4, 0.5) is 13.2 Å². The van der Waals surface area contributed by atoms with Gasteiger partial charge in [-0.1, -0.05) is 12.1 Å². The van der Waals surface area contributed by atoms with E-state index in [1.54, 1.807) is 0 Å². The van der Waals surface area contributed by atoms with E-state index in [9.17, 15) is 18.3 Å². The van der Waals surface area contributed by atoms with Crippen LogP contribution in [0.2, 0.25) is 0 Å². The van der Waals surface area contributed by atoms with Crippen molar-refractivity contribution in [1.29, 1.82) is 0 Å². The second-order valence-electron chi connectivity index (χ2n) is 4.05. The quantitative estimate of drug-likeness (QED) is 0.887. The van der Waals surface area contributed by atoms with E-state index < -0.39 is 17.7 Å². The van der Waals surface area contributed by atoms with Gasteiger partial charge in [-0.15, -0.1) is 0 Å². The predicted octanol–water partition coefficient (Wildman–Crippen LogP) is 3.38. The minimum Gasteiger partial charge on any atom is -0.388 e. The molecule has 0 aliphatic rings. The van der Waals surface area contributed by atoms with E-state index >= 15 is 0 Å². The maximum absolute atomic E-state index is 13.0. The molecule has 0 radical (unpaired) electrons. The average molecular weight is 252 g/mol. The van der Waals surface area contributed by atoms with Gasteiger partial charge in [0.15, 0.2) is 0 Å². The summed E-state index contributed by atoms with van der Waals surface area (Å²) in [5.74, 6) is -1.84. The van der Waals surface area contributed by atoms with E-state index in [1.165, 1.54) is 24.3 Å². The van der Waals surface area contributed by atoms with E-state index in [1.807, 2.05) is 0 Å². The molecule has 1 unspecified atom stereocenters. The molecule has 94 valence electrons. The Bertz CT molecular complexity index is 517. The summed E-state index contributed by atoms with van der Waals surface area (Å²) in [6.07, 6.45) is -0.857. The fraction of sp³-hybridized carbons (Fsp3) is 0.143. The van der Waals surface area contributed by atoms with Gasteiger partial charge in [0.1, 0.15) is 17.5 Å². The molecule has 0 aliphatic heterocycles. The molecule has 18 heavy (non-hydrogen) atoms. The topological polar surface area (TPSA) is 20.2 Å². The van der Waals surface area contributed by atoms with Crippen LogP contribution in [0.5, 0.6) is 0 Å². The van der Waals surface area contributed by atoms with Crippen molar-refractivity contribution >= 4 is 0 Å². The molecule has 1 atom stereocenters. The Kier molecular flexibility index (Phi) is 3.67. The van der Waals surface area contributed by atoms with E-state index in [4.69, 9.17) is 0 Å². The molecule has 1 nitrogen and oxygen atoms in total. The molecular weight excluding hydrogens is 241 g/mol. The molecule has 0 bridgehead atoms. The van der Waals surface area contributed by atoms with Gasteiger partial charge >= 0.3 is 0 Å². The van der Waals surface area contributed by atoms with Crippen LogP contribution < -0.4 is 0 Å². The van der Waals surface area contributed by atoms with Crippen molar-refractivity contribution in [3.63, 3.8) is 0 Å².